The SMILES string of the molecule is CC[C@H](C(=O)N[C@@H](C)CC)N(Cc1ccc(C)cc1)C(=O)CN(c1ccc(Cl)c(C(F)(F)F)c1)S(=O)(=O)c1ccccc1. The molecule has 0 aromatic heterocycles. The molecule has 0 aliphatic rings. The van der Waals surface area contributed by atoms with Crippen LogP contribution < -0.4 is 9.62 Å². The first-order valence-electron chi connectivity index (χ1n) is 13.8. The maximum absolute atomic E-state index is 14.1. The summed E-state index contributed by atoms with van der Waals surface area (Å²) in [5.74, 6) is -1.18. The largest absolute Gasteiger partial charge is 0.417 e. The van der Waals surface area contributed by atoms with Crippen LogP contribution in [-0.2, 0) is 32.3 Å². The van der Waals surface area contributed by atoms with E-state index in [2.05, 4.69) is 5.32 Å². The van der Waals surface area contributed by atoms with E-state index in [1.807, 2.05) is 32.9 Å². The number of anilines is 1. The van der Waals surface area contributed by atoms with Crippen molar-refractivity contribution in [2.75, 3.05) is 10.8 Å². The molecule has 12 heteroatoms. The number of carbonyl (C=O) groups excluding carboxylic acids is 2. The zero-order chi connectivity index (χ0) is 31.9. The first kappa shape index (κ1) is 33.9. The third-order valence-electron chi connectivity index (χ3n) is 7.01. The van der Waals surface area contributed by atoms with Gasteiger partial charge in [0.25, 0.3) is 10.0 Å². The Balaban J connectivity index is 2.13. The summed E-state index contributed by atoms with van der Waals surface area (Å²) in [6, 6.07) is 15.9. The standard InChI is InChI=1S/C31H35ClF3N3O4S/c1-5-22(4)36-30(40)28(6-2)37(19-23-14-12-21(3)13-15-23)29(39)20-38(43(41,42)25-10-8-7-9-11-25)24-16-17-27(32)26(18-24)31(33,34)35/h7-18,22,28H,5-6,19-20H2,1-4H3,(H,36,40)/t22-,28+/m0/s1. The highest BCUT2D eigenvalue weighted by Gasteiger charge is 2.37. The Morgan fingerprint density at radius 1 is 0.953 bits per heavy atom. The molecule has 0 unspecified atom stereocenters. The van der Waals surface area contributed by atoms with Crippen LogP contribution in [0, 0.1) is 6.92 Å². The van der Waals surface area contributed by atoms with Gasteiger partial charge in [-0.15, -0.1) is 0 Å². The van der Waals surface area contributed by atoms with Gasteiger partial charge in [0.1, 0.15) is 12.6 Å². The lowest BCUT2D eigenvalue weighted by Gasteiger charge is -2.34. The van der Waals surface area contributed by atoms with E-state index in [0.29, 0.717) is 22.4 Å². The Bertz CT molecular complexity index is 1520. The first-order valence-corrected chi connectivity index (χ1v) is 15.6. The summed E-state index contributed by atoms with van der Waals surface area (Å²) < 4.78 is 69.7. The summed E-state index contributed by atoms with van der Waals surface area (Å²) in [7, 11) is -4.54. The fourth-order valence-electron chi connectivity index (χ4n) is 4.38. The Morgan fingerprint density at radius 2 is 1.58 bits per heavy atom. The molecular weight excluding hydrogens is 603 g/mol. The molecule has 1 N–H and O–H groups in total. The van der Waals surface area contributed by atoms with Gasteiger partial charge >= 0.3 is 6.18 Å². The molecule has 0 heterocycles. The van der Waals surface area contributed by atoms with Crippen LogP contribution in [0.1, 0.15) is 50.3 Å². The molecule has 3 aromatic carbocycles. The highest BCUT2D eigenvalue weighted by molar-refractivity contribution is 7.92. The van der Waals surface area contributed by atoms with E-state index in [1.165, 1.54) is 29.2 Å². The van der Waals surface area contributed by atoms with Crippen molar-refractivity contribution in [1.82, 2.24) is 10.2 Å². The van der Waals surface area contributed by atoms with Gasteiger partial charge in [0.15, 0.2) is 0 Å². The Hall–Kier alpha value is -3.57. The van der Waals surface area contributed by atoms with Crippen molar-refractivity contribution in [3.63, 3.8) is 0 Å². The van der Waals surface area contributed by atoms with Gasteiger partial charge in [-0.1, -0.05) is 73.5 Å². The molecule has 0 bridgehead atoms. The van der Waals surface area contributed by atoms with Gasteiger partial charge in [0.2, 0.25) is 11.8 Å². The molecule has 0 radical (unpaired) electrons. The predicted molar refractivity (Wildman–Crippen MR) is 161 cm³/mol. The average molecular weight is 638 g/mol. The molecule has 0 aliphatic heterocycles. The summed E-state index contributed by atoms with van der Waals surface area (Å²) >= 11 is 5.82. The van der Waals surface area contributed by atoms with Crippen LogP contribution in [-0.4, -0.2) is 43.8 Å². The maximum Gasteiger partial charge on any atom is 0.417 e. The minimum atomic E-state index is -4.88. The van der Waals surface area contributed by atoms with Crippen LogP contribution in [0.3, 0.4) is 0 Å². The Labute approximate surface area is 255 Å². The van der Waals surface area contributed by atoms with E-state index >= 15 is 0 Å². The minimum Gasteiger partial charge on any atom is -0.352 e. The van der Waals surface area contributed by atoms with E-state index in [-0.39, 0.29) is 23.9 Å². The monoisotopic (exact) mass is 637 g/mol. The number of aryl methyl sites for hydroxylation is 1. The van der Waals surface area contributed by atoms with Gasteiger partial charge in [-0.05, 0) is 62.6 Å². The number of nitrogens with one attached hydrogen (secondary N) is 1. The molecule has 7 nitrogen and oxygen atoms in total. The molecular formula is C31H35ClF3N3O4S. The number of sulfonamides is 1. The molecule has 0 saturated carbocycles. The topological polar surface area (TPSA) is 86.8 Å². The quantitative estimate of drug-likeness (QED) is 0.243. The molecule has 43 heavy (non-hydrogen) atoms. The van der Waals surface area contributed by atoms with E-state index in [4.69, 9.17) is 11.6 Å². The number of carbonyl (C=O) groups is 2. The highest BCUT2D eigenvalue weighted by Crippen LogP contribution is 2.38. The smallest absolute Gasteiger partial charge is 0.352 e. The van der Waals surface area contributed by atoms with Crippen molar-refractivity contribution in [3.05, 3.63) is 94.5 Å². The Kier molecular flexibility index (Phi) is 11.3. The summed E-state index contributed by atoms with van der Waals surface area (Å²) in [4.78, 5) is 28.5. The number of amides is 2. The lowest BCUT2D eigenvalue weighted by Crippen LogP contribution is -2.53. The van der Waals surface area contributed by atoms with Crippen LogP contribution in [0.25, 0.3) is 0 Å². The lowest BCUT2D eigenvalue weighted by atomic mass is 10.1. The van der Waals surface area contributed by atoms with E-state index < -0.39 is 56.9 Å². The van der Waals surface area contributed by atoms with Gasteiger partial charge in [0, 0.05) is 12.6 Å². The molecule has 232 valence electrons. The zero-order valence-corrected chi connectivity index (χ0v) is 25.9. The fraction of sp³-hybridized carbons (Fsp3) is 0.355. The van der Waals surface area contributed by atoms with Crippen molar-refractivity contribution in [1.29, 1.82) is 0 Å². The zero-order valence-electron chi connectivity index (χ0n) is 24.4. The predicted octanol–water partition coefficient (Wildman–Crippen LogP) is 6.58. The van der Waals surface area contributed by atoms with Gasteiger partial charge in [-0.2, -0.15) is 13.2 Å². The second-order valence-electron chi connectivity index (χ2n) is 10.2. The van der Waals surface area contributed by atoms with Crippen molar-refractivity contribution in [3.8, 4) is 0 Å². The Morgan fingerprint density at radius 3 is 2.14 bits per heavy atom. The van der Waals surface area contributed by atoms with E-state index in [9.17, 15) is 31.2 Å². The van der Waals surface area contributed by atoms with Gasteiger partial charge in [-0.25, -0.2) is 8.42 Å². The second-order valence-corrected chi connectivity index (χ2v) is 12.5. The number of benzene rings is 3. The van der Waals surface area contributed by atoms with Crippen LogP contribution in [0.15, 0.2) is 77.7 Å². The number of halogens is 4. The summed E-state index contributed by atoms with van der Waals surface area (Å²) in [5, 5.41) is 2.26. The fourth-order valence-corrected chi connectivity index (χ4v) is 6.04. The summed E-state index contributed by atoms with van der Waals surface area (Å²) in [6.45, 7) is 6.45. The number of hydrogen-bond donors (Lipinski definition) is 1. The van der Waals surface area contributed by atoms with Gasteiger partial charge in [-0.3, -0.25) is 13.9 Å². The molecule has 3 rings (SSSR count). The summed E-state index contributed by atoms with van der Waals surface area (Å²) in [6.07, 6.45) is -4.02. The van der Waals surface area contributed by atoms with Gasteiger partial charge in [0.05, 0.1) is 21.2 Å². The van der Waals surface area contributed by atoms with Crippen LogP contribution in [0.4, 0.5) is 18.9 Å². The number of nitrogens with zero attached hydrogens (tertiary/aromatic N) is 2. The van der Waals surface area contributed by atoms with Crippen molar-refractivity contribution >= 4 is 39.1 Å². The molecule has 0 saturated heterocycles. The molecule has 2 atom stereocenters. The molecule has 0 fully saturated rings. The third kappa shape index (κ3) is 8.51. The van der Waals surface area contributed by atoms with E-state index in [0.717, 1.165) is 17.7 Å². The minimum absolute atomic E-state index is 0.0286. The van der Waals surface area contributed by atoms with Crippen LogP contribution >= 0.6 is 11.6 Å². The number of rotatable bonds is 12. The van der Waals surface area contributed by atoms with Crippen molar-refractivity contribution in [2.24, 2.45) is 0 Å². The van der Waals surface area contributed by atoms with E-state index in [1.54, 1.807) is 25.1 Å². The molecule has 0 spiro atoms. The highest BCUT2D eigenvalue weighted by atomic mass is 35.5. The summed E-state index contributed by atoms with van der Waals surface area (Å²) in [5.41, 5.74) is 0.0214. The van der Waals surface area contributed by atoms with Gasteiger partial charge < -0.3 is 10.2 Å². The lowest BCUT2D eigenvalue weighted by molar-refractivity contribution is -0.140. The van der Waals surface area contributed by atoms with Crippen molar-refractivity contribution in [2.45, 2.75) is 70.2 Å². The van der Waals surface area contributed by atoms with Crippen molar-refractivity contribution < 1.29 is 31.2 Å². The molecule has 2 amide bonds. The number of alkyl halides is 3. The van der Waals surface area contributed by atoms with Crippen LogP contribution in [0.5, 0.6) is 0 Å². The average Bonchev–Trinajstić information content (AvgIpc) is 2.96. The maximum atomic E-state index is 14.1. The third-order valence-corrected chi connectivity index (χ3v) is 9.13. The molecule has 3 aromatic rings. The normalized spacial score (nSPS) is 13.2. The first-order chi connectivity index (χ1) is 20.2. The number of hydrogen-bond acceptors (Lipinski definition) is 4. The molecule has 0 aliphatic carbocycles. The van der Waals surface area contributed by atoms with Crippen LogP contribution in [0.2, 0.25) is 5.02 Å². The second kappa shape index (κ2) is 14.3.